The molecular weight excluding hydrogens is 326 g/mol. The van der Waals surface area contributed by atoms with E-state index in [2.05, 4.69) is 0 Å². The molecule has 1 aromatic carbocycles. The molecule has 24 heavy (non-hydrogen) atoms. The van der Waals surface area contributed by atoms with Crippen molar-refractivity contribution in [3.63, 3.8) is 0 Å². The van der Waals surface area contributed by atoms with E-state index in [9.17, 15) is 22.4 Å². The second-order valence-corrected chi connectivity index (χ2v) is 6.20. The van der Waals surface area contributed by atoms with Crippen molar-refractivity contribution in [2.45, 2.75) is 24.8 Å². The zero-order chi connectivity index (χ0) is 18.0. The molecule has 0 bridgehead atoms. The van der Waals surface area contributed by atoms with Gasteiger partial charge in [-0.1, -0.05) is 30.3 Å². The Bertz CT molecular complexity index is 558. The summed E-state index contributed by atoms with van der Waals surface area (Å²) in [7, 11) is 0. The quantitative estimate of drug-likeness (QED) is 0.828. The van der Waals surface area contributed by atoms with Crippen LogP contribution in [0.4, 0.5) is 17.6 Å². The van der Waals surface area contributed by atoms with Gasteiger partial charge in [0.15, 0.2) is 0 Å². The van der Waals surface area contributed by atoms with Crippen LogP contribution >= 0.6 is 0 Å². The Kier molecular flexibility index (Phi) is 5.49. The molecule has 2 rings (SSSR count). The van der Waals surface area contributed by atoms with Crippen molar-refractivity contribution in [3.05, 3.63) is 35.9 Å². The largest absolute Gasteiger partial charge is 0.338 e. The predicted octanol–water partition coefficient (Wildman–Crippen LogP) is 1.91. The lowest BCUT2D eigenvalue weighted by Crippen LogP contribution is -2.58. The van der Waals surface area contributed by atoms with E-state index >= 15 is 0 Å². The Labute approximate surface area is 138 Å². The third kappa shape index (κ3) is 4.05. The van der Waals surface area contributed by atoms with E-state index in [1.165, 1.54) is 9.80 Å². The number of piperazine rings is 1. The van der Waals surface area contributed by atoms with Gasteiger partial charge < -0.3 is 10.6 Å². The topological polar surface area (TPSA) is 49.6 Å². The maximum absolute atomic E-state index is 13.1. The molecule has 1 aliphatic heterocycles. The first-order valence-corrected chi connectivity index (χ1v) is 7.66. The summed E-state index contributed by atoms with van der Waals surface area (Å²) in [4.78, 5) is 15.4. The lowest BCUT2D eigenvalue weighted by Gasteiger charge is -2.39. The standard InChI is InChI=1S/C16H21F4N3O/c1-15(21,12-5-3-2-4-6-12)14(24)23-9-7-22(8-10-23)11-16(19,20)13(17)18/h2-6,13H,7-11,21H2,1H3. The summed E-state index contributed by atoms with van der Waals surface area (Å²) in [5.41, 5.74) is 5.59. The van der Waals surface area contributed by atoms with Crippen LogP contribution in [-0.4, -0.2) is 60.8 Å². The van der Waals surface area contributed by atoms with Gasteiger partial charge in [0.1, 0.15) is 5.54 Å². The second-order valence-electron chi connectivity index (χ2n) is 6.20. The summed E-state index contributed by atoms with van der Waals surface area (Å²) in [6, 6.07) is 8.86. The number of nitrogens with two attached hydrogens (primary N) is 1. The number of halogens is 4. The maximum atomic E-state index is 13.1. The Morgan fingerprint density at radius 2 is 1.71 bits per heavy atom. The van der Waals surface area contributed by atoms with Crippen LogP contribution in [0.25, 0.3) is 0 Å². The van der Waals surface area contributed by atoms with E-state index in [1.54, 1.807) is 31.2 Å². The number of amides is 1. The van der Waals surface area contributed by atoms with E-state index in [0.717, 1.165) is 0 Å². The average molecular weight is 347 g/mol. The SMILES string of the molecule is CC(N)(C(=O)N1CCN(CC(F)(F)C(F)F)CC1)c1ccccc1. The second kappa shape index (κ2) is 7.06. The van der Waals surface area contributed by atoms with Crippen LogP contribution in [0.1, 0.15) is 12.5 Å². The zero-order valence-corrected chi connectivity index (χ0v) is 13.4. The van der Waals surface area contributed by atoms with E-state index in [4.69, 9.17) is 5.73 Å². The Balaban J connectivity index is 1.96. The number of hydrogen-bond donors (Lipinski definition) is 1. The van der Waals surface area contributed by atoms with Gasteiger partial charge in [0, 0.05) is 26.2 Å². The zero-order valence-electron chi connectivity index (χ0n) is 13.4. The molecule has 1 aromatic rings. The maximum Gasteiger partial charge on any atom is 0.319 e. The van der Waals surface area contributed by atoms with E-state index in [0.29, 0.717) is 5.56 Å². The fraction of sp³-hybridized carbons (Fsp3) is 0.562. The summed E-state index contributed by atoms with van der Waals surface area (Å²) in [6.07, 6.45) is -3.69. The molecule has 1 unspecified atom stereocenters. The highest BCUT2D eigenvalue weighted by atomic mass is 19.3. The molecule has 0 saturated carbocycles. The molecule has 0 radical (unpaired) electrons. The van der Waals surface area contributed by atoms with Crippen LogP contribution < -0.4 is 5.73 Å². The van der Waals surface area contributed by atoms with Crippen LogP contribution in [0, 0.1) is 0 Å². The van der Waals surface area contributed by atoms with Crippen LogP contribution in [-0.2, 0) is 10.3 Å². The minimum absolute atomic E-state index is 0.110. The minimum atomic E-state index is -4.04. The first-order valence-electron chi connectivity index (χ1n) is 7.66. The number of hydrogen-bond acceptors (Lipinski definition) is 3. The normalized spacial score (nSPS) is 19.4. The van der Waals surface area contributed by atoms with Crippen molar-refractivity contribution in [2.75, 3.05) is 32.7 Å². The summed E-state index contributed by atoms with van der Waals surface area (Å²) in [5, 5.41) is 0. The molecule has 2 N–H and O–H groups in total. The van der Waals surface area contributed by atoms with Crippen molar-refractivity contribution >= 4 is 5.91 Å². The minimum Gasteiger partial charge on any atom is -0.338 e. The highest BCUT2D eigenvalue weighted by molar-refractivity contribution is 5.87. The highest BCUT2D eigenvalue weighted by Gasteiger charge is 2.43. The molecule has 1 amide bonds. The molecular formula is C16H21F4N3O. The molecule has 1 heterocycles. The first-order chi connectivity index (χ1) is 11.1. The number of nitrogens with zero attached hydrogens (tertiary/aromatic N) is 2. The molecule has 1 saturated heterocycles. The fourth-order valence-corrected chi connectivity index (χ4v) is 2.71. The highest BCUT2D eigenvalue weighted by Crippen LogP contribution is 2.25. The molecule has 0 spiro atoms. The van der Waals surface area contributed by atoms with E-state index in [1.807, 2.05) is 6.07 Å². The average Bonchev–Trinajstić information content (AvgIpc) is 2.55. The van der Waals surface area contributed by atoms with Gasteiger partial charge in [-0.2, -0.15) is 8.78 Å². The Morgan fingerprint density at radius 3 is 2.21 bits per heavy atom. The number of alkyl halides is 4. The fourth-order valence-electron chi connectivity index (χ4n) is 2.71. The first kappa shape index (κ1) is 18.7. The Morgan fingerprint density at radius 1 is 1.17 bits per heavy atom. The third-order valence-corrected chi connectivity index (χ3v) is 4.23. The number of rotatable bonds is 5. The van der Waals surface area contributed by atoms with Crippen LogP contribution in [0.15, 0.2) is 30.3 Å². The van der Waals surface area contributed by atoms with Crippen molar-refractivity contribution in [2.24, 2.45) is 5.73 Å². The monoisotopic (exact) mass is 347 g/mol. The Hall–Kier alpha value is -1.67. The predicted molar refractivity (Wildman–Crippen MR) is 82.0 cm³/mol. The van der Waals surface area contributed by atoms with Gasteiger partial charge in [0.25, 0.3) is 0 Å². The van der Waals surface area contributed by atoms with Gasteiger partial charge in [-0.25, -0.2) is 8.78 Å². The smallest absolute Gasteiger partial charge is 0.319 e. The van der Waals surface area contributed by atoms with Crippen molar-refractivity contribution < 1.29 is 22.4 Å². The number of carbonyl (C=O) groups excluding carboxylic acids is 1. The van der Waals surface area contributed by atoms with Crippen molar-refractivity contribution in [1.29, 1.82) is 0 Å². The molecule has 134 valence electrons. The molecule has 1 aliphatic rings. The summed E-state index contributed by atoms with van der Waals surface area (Å²) in [6.45, 7) is 1.17. The molecule has 4 nitrogen and oxygen atoms in total. The lowest BCUT2D eigenvalue weighted by atomic mass is 9.91. The van der Waals surface area contributed by atoms with Crippen molar-refractivity contribution in [3.8, 4) is 0 Å². The molecule has 1 atom stereocenters. The van der Waals surface area contributed by atoms with Gasteiger partial charge >= 0.3 is 12.3 Å². The molecule has 8 heteroatoms. The summed E-state index contributed by atoms with van der Waals surface area (Å²) in [5.74, 6) is -4.35. The summed E-state index contributed by atoms with van der Waals surface area (Å²) >= 11 is 0. The van der Waals surface area contributed by atoms with Crippen LogP contribution in [0.3, 0.4) is 0 Å². The molecule has 0 aromatic heterocycles. The van der Waals surface area contributed by atoms with Gasteiger partial charge in [0.05, 0.1) is 6.54 Å². The van der Waals surface area contributed by atoms with Gasteiger partial charge in [0.2, 0.25) is 5.91 Å². The van der Waals surface area contributed by atoms with E-state index in [-0.39, 0.29) is 32.1 Å². The number of carbonyl (C=O) groups is 1. The van der Waals surface area contributed by atoms with Crippen LogP contribution in [0.2, 0.25) is 0 Å². The van der Waals surface area contributed by atoms with Gasteiger partial charge in [-0.05, 0) is 12.5 Å². The third-order valence-electron chi connectivity index (χ3n) is 4.23. The molecule has 1 fully saturated rings. The number of benzene rings is 1. The lowest BCUT2D eigenvalue weighted by molar-refractivity contribution is -0.150. The van der Waals surface area contributed by atoms with Crippen molar-refractivity contribution in [1.82, 2.24) is 9.80 Å². The van der Waals surface area contributed by atoms with E-state index < -0.39 is 24.4 Å². The summed E-state index contributed by atoms with van der Waals surface area (Å²) < 4.78 is 50.7. The molecule has 0 aliphatic carbocycles. The van der Waals surface area contributed by atoms with Gasteiger partial charge in [-0.3, -0.25) is 9.69 Å². The van der Waals surface area contributed by atoms with Crippen LogP contribution in [0.5, 0.6) is 0 Å². The van der Waals surface area contributed by atoms with Gasteiger partial charge in [-0.15, -0.1) is 0 Å².